The van der Waals surface area contributed by atoms with E-state index in [1.165, 1.54) is 0 Å². The molecule has 6 heteroatoms. The number of hydrogen-bond acceptors (Lipinski definition) is 5. The standard InChI is InChI=1S/C64H47N3O2.Ir/c68-62-22-11-36-67-37-35-49(64(69)63(62)67)38-48-14-1-4-15-53(48)50-39-51(56-18-7-5-16-54(56)42-23-27-46(28-24-42)60-33-31-44-12-2-9-20-58(44)65-60)41-52(40-50)57-19-8-6-17-55(57)43-25-29-47(30-26-43)61-34-32-45-13-3-10-21-59(45)66-61;/h1-10,12-21,23-27,29,31-34,39-41,49,68H,11,22,35-38H2;/q-2;. The van der Waals surface area contributed by atoms with Crippen LogP contribution in [0.5, 0.6) is 0 Å². The monoisotopic (exact) mass is 1080 g/mol. The van der Waals surface area contributed by atoms with Gasteiger partial charge < -0.3 is 10.0 Å². The first-order chi connectivity index (χ1) is 34.0. The summed E-state index contributed by atoms with van der Waals surface area (Å²) in [5.41, 5.74) is 18.1. The zero-order chi connectivity index (χ0) is 46.3. The number of carbonyl (C=O) groups is 1. The molecule has 5 nitrogen and oxygen atoms in total. The molecule has 0 spiro atoms. The minimum absolute atomic E-state index is 0. The molecule has 1 N–H and O–H groups in total. The Kier molecular flexibility index (Phi) is 12.3. The molecule has 2 aliphatic rings. The number of aromatic nitrogens is 2. The number of pyridine rings is 2. The van der Waals surface area contributed by atoms with Crippen LogP contribution in [0.1, 0.15) is 24.8 Å². The van der Waals surface area contributed by atoms with E-state index in [1.54, 1.807) is 0 Å². The third-order valence-electron chi connectivity index (χ3n) is 14.0. The molecule has 0 amide bonds. The van der Waals surface area contributed by atoms with Crippen LogP contribution in [0.2, 0.25) is 0 Å². The number of para-hydroxylation sites is 2. The third kappa shape index (κ3) is 8.66. The number of Topliss-reactive ketones (excluding diaryl/α,β-unsaturated/α-hetero) is 1. The molecule has 1 radical (unpaired) electrons. The van der Waals surface area contributed by atoms with Gasteiger partial charge in [0, 0.05) is 45.5 Å². The number of carbonyl (C=O) groups excluding carboxylic acids is 1. The Morgan fingerprint density at radius 2 is 0.986 bits per heavy atom. The van der Waals surface area contributed by atoms with Gasteiger partial charge in [-0.2, -0.15) is 0 Å². The van der Waals surface area contributed by atoms with Gasteiger partial charge in [0.15, 0.2) is 5.78 Å². The molecular weight excluding hydrogens is 1030 g/mol. The molecular formula is C64H47IrN3O2-2. The number of nitrogens with zero attached hydrogens (tertiary/aromatic N) is 3. The van der Waals surface area contributed by atoms with E-state index in [9.17, 15) is 9.90 Å². The van der Waals surface area contributed by atoms with Crippen molar-refractivity contribution in [1.29, 1.82) is 0 Å². The number of aliphatic hydroxyl groups is 1. The van der Waals surface area contributed by atoms with Crippen molar-refractivity contribution in [3.8, 4) is 78.1 Å². The van der Waals surface area contributed by atoms with Gasteiger partial charge in [0.05, 0.1) is 11.0 Å². The molecule has 2 aliphatic heterocycles. The fourth-order valence-corrected chi connectivity index (χ4v) is 10.5. The summed E-state index contributed by atoms with van der Waals surface area (Å²) in [5, 5.41) is 13.1. The Hall–Kier alpha value is -7.76. The molecule has 2 aromatic heterocycles. The van der Waals surface area contributed by atoms with Crippen LogP contribution in [-0.2, 0) is 31.3 Å². The number of piperidine rings is 1. The Balaban J connectivity index is 0.00000533. The van der Waals surface area contributed by atoms with Crippen LogP contribution in [0, 0.1) is 18.1 Å². The molecule has 1 fully saturated rings. The van der Waals surface area contributed by atoms with Gasteiger partial charge in [-0.05, 0) is 111 Å². The number of ketones is 1. The first kappa shape index (κ1) is 44.7. The SMILES string of the molecule is O=C1C2=C(O)CCCN2CCC1Cc1ccccc1-c1cc(-c2ccccc2-c2c[c-]c(-c3ccc4ccccc4n3)cc2)cc(-c2ccccc2-c2c[c-]c(-c3ccc4ccccc4n3)cc2)c1.[Ir]. The van der Waals surface area contributed by atoms with Crippen LogP contribution in [0.4, 0.5) is 0 Å². The van der Waals surface area contributed by atoms with E-state index in [0.29, 0.717) is 18.5 Å². The predicted molar refractivity (Wildman–Crippen MR) is 280 cm³/mol. The molecule has 341 valence electrons. The second-order valence-corrected chi connectivity index (χ2v) is 18.2. The van der Waals surface area contributed by atoms with Crippen molar-refractivity contribution >= 4 is 27.6 Å². The van der Waals surface area contributed by atoms with Crippen LogP contribution in [-0.4, -0.2) is 38.8 Å². The first-order valence-electron chi connectivity index (χ1n) is 23.9. The molecule has 8 aromatic carbocycles. The molecule has 1 atom stereocenters. The van der Waals surface area contributed by atoms with E-state index in [0.717, 1.165) is 131 Å². The van der Waals surface area contributed by atoms with Crippen LogP contribution in [0.25, 0.3) is 100.0 Å². The first-order valence-corrected chi connectivity index (χ1v) is 23.9. The number of aliphatic hydroxyl groups excluding tert-OH is 1. The number of allylic oxidation sites excluding steroid dienone is 2. The molecule has 1 saturated heterocycles. The zero-order valence-electron chi connectivity index (χ0n) is 38.4. The zero-order valence-corrected chi connectivity index (χ0v) is 40.8. The van der Waals surface area contributed by atoms with Crippen LogP contribution < -0.4 is 0 Å². The minimum atomic E-state index is -0.213. The van der Waals surface area contributed by atoms with Crippen LogP contribution in [0.3, 0.4) is 0 Å². The van der Waals surface area contributed by atoms with Gasteiger partial charge in [-0.3, -0.25) is 14.8 Å². The molecule has 1 unspecified atom stereocenters. The van der Waals surface area contributed by atoms with Gasteiger partial charge >= 0.3 is 0 Å². The van der Waals surface area contributed by atoms with Gasteiger partial charge in [0.25, 0.3) is 0 Å². The van der Waals surface area contributed by atoms with E-state index < -0.39 is 0 Å². The fraction of sp³-hybridized carbons (Fsp3) is 0.109. The normalized spacial score (nSPS) is 14.7. The van der Waals surface area contributed by atoms with Crippen molar-refractivity contribution in [2.75, 3.05) is 13.1 Å². The topological polar surface area (TPSA) is 66.3 Å². The minimum Gasteiger partial charge on any atom is -0.510 e. The fourth-order valence-electron chi connectivity index (χ4n) is 10.5. The average molecular weight is 1080 g/mol. The maximum Gasteiger partial charge on any atom is 0.185 e. The second-order valence-electron chi connectivity index (χ2n) is 18.2. The predicted octanol–water partition coefficient (Wildman–Crippen LogP) is 15.0. The number of fused-ring (bicyclic) bond motifs is 3. The van der Waals surface area contributed by atoms with E-state index in [4.69, 9.17) is 9.97 Å². The van der Waals surface area contributed by atoms with Crippen molar-refractivity contribution < 1.29 is 30.0 Å². The van der Waals surface area contributed by atoms with E-state index in [-0.39, 0.29) is 37.6 Å². The third-order valence-corrected chi connectivity index (χ3v) is 14.0. The largest absolute Gasteiger partial charge is 0.510 e. The summed E-state index contributed by atoms with van der Waals surface area (Å²) in [6, 6.07) is 77.3. The molecule has 10 aromatic rings. The number of rotatable bonds is 9. The molecule has 70 heavy (non-hydrogen) atoms. The van der Waals surface area contributed by atoms with Gasteiger partial charge in [-0.1, -0.05) is 156 Å². The smallest absolute Gasteiger partial charge is 0.185 e. The summed E-state index contributed by atoms with van der Waals surface area (Å²) in [6.45, 7) is 1.60. The quantitative estimate of drug-likeness (QED) is 0.146. The van der Waals surface area contributed by atoms with Gasteiger partial charge in [0.1, 0.15) is 11.5 Å². The molecule has 0 saturated carbocycles. The molecule has 12 rings (SSSR count). The van der Waals surface area contributed by atoms with Crippen molar-refractivity contribution in [3.05, 3.63) is 229 Å². The summed E-state index contributed by atoms with van der Waals surface area (Å²) in [5.74, 6) is 0.0906. The summed E-state index contributed by atoms with van der Waals surface area (Å²) < 4.78 is 0. The van der Waals surface area contributed by atoms with Crippen molar-refractivity contribution in [3.63, 3.8) is 0 Å². The Bertz CT molecular complexity index is 3430. The average Bonchev–Trinajstić information content (AvgIpc) is 3.41. The summed E-state index contributed by atoms with van der Waals surface area (Å²) in [6.07, 6.45) is 2.79. The molecule has 0 bridgehead atoms. The maximum atomic E-state index is 14.1. The van der Waals surface area contributed by atoms with Gasteiger partial charge in [-0.15, -0.1) is 59.7 Å². The van der Waals surface area contributed by atoms with Crippen molar-refractivity contribution in [1.82, 2.24) is 14.9 Å². The van der Waals surface area contributed by atoms with Gasteiger partial charge in [0.2, 0.25) is 0 Å². The summed E-state index contributed by atoms with van der Waals surface area (Å²) >= 11 is 0. The van der Waals surface area contributed by atoms with Crippen LogP contribution in [0.15, 0.2) is 212 Å². The van der Waals surface area contributed by atoms with Crippen molar-refractivity contribution in [2.45, 2.75) is 25.7 Å². The Morgan fingerprint density at radius 1 is 0.514 bits per heavy atom. The van der Waals surface area contributed by atoms with Crippen molar-refractivity contribution in [2.24, 2.45) is 5.92 Å². The summed E-state index contributed by atoms with van der Waals surface area (Å²) in [7, 11) is 0. The van der Waals surface area contributed by atoms with Crippen LogP contribution >= 0.6 is 0 Å². The van der Waals surface area contributed by atoms with Gasteiger partial charge in [-0.25, -0.2) is 0 Å². The second kappa shape index (κ2) is 19.3. The van der Waals surface area contributed by atoms with E-state index >= 15 is 0 Å². The van der Waals surface area contributed by atoms with E-state index in [1.807, 2.05) is 36.4 Å². The Morgan fingerprint density at radius 3 is 1.51 bits per heavy atom. The maximum absolute atomic E-state index is 14.1. The van der Waals surface area contributed by atoms with E-state index in [2.05, 4.69) is 181 Å². The number of benzene rings is 8. The summed E-state index contributed by atoms with van der Waals surface area (Å²) in [4.78, 5) is 26.1. The number of hydrogen-bond donors (Lipinski definition) is 1. The Labute approximate surface area is 422 Å². The molecule has 0 aliphatic carbocycles. The molecule has 4 heterocycles.